The van der Waals surface area contributed by atoms with Crippen LogP contribution in [-0.4, -0.2) is 49.0 Å². The van der Waals surface area contributed by atoms with Crippen molar-refractivity contribution in [3.05, 3.63) is 42.1 Å². The zero-order valence-electron chi connectivity index (χ0n) is 19.9. The molecule has 2 aliphatic rings. The van der Waals surface area contributed by atoms with Crippen molar-refractivity contribution in [2.45, 2.75) is 60.7 Å². The monoisotopic (exact) mass is 532 g/mol. The molecule has 2 aliphatic carbocycles. The second-order valence-electron chi connectivity index (χ2n) is 9.64. The number of benzene rings is 1. The van der Waals surface area contributed by atoms with Crippen molar-refractivity contribution in [1.82, 2.24) is 25.1 Å². The molecule has 13 heteroatoms. The van der Waals surface area contributed by atoms with Crippen molar-refractivity contribution in [2.75, 3.05) is 5.43 Å². The average molecular weight is 533 g/mol. The number of anilines is 1. The van der Waals surface area contributed by atoms with E-state index >= 15 is 0 Å². The summed E-state index contributed by atoms with van der Waals surface area (Å²) in [6.45, 7) is 3.69. The number of nitrogens with one attached hydrogen (secondary N) is 4. The van der Waals surface area contributed by atoms with Crippen molar-refractivity contribution < 1.29 is 21.6 Å². The third-order valence-electron chi connectivity index (χ3n) is 6.72. The maximum absolute atomic E-state index is 13.4. The smallest absolute Gasteiger partial charge is 0.241 e. The molecule has 11 nitrogen and oxygen atoms in total. The molecule has 36 heavy (non-hydrogen) atoms. The first-order chi connectivity index (χ1) is 17.0. The Morgan fingerprint density at radius 2 is 1.86 bits per heavy atom. The molecular formula is C23H28N6O5S2. The van der Waals surface area contributed by atoms with Gasteiger partial charge in [0.15, 0.2) is 11.5 Å². The van der Waals surface area contributed by atoms with Crippen LogP contribution in [-0.2, 0) is 24.7 Å². The van der Waals surface area contributed by atoms with Gasteiger partial charge in [0, 0.05) is 18.2 Å². The van der Waals surface area contributed by atoms with Crippen molar-refractivity contribution in [1.29, 1.82) is 0 Å². The maximum atomic E-state index is 13.4. The Morgan fingerprint density at radius 1 is 1.08 bits per heavy atom. The fourth-order valence-corrected chi connectivity index (χ4v) is 7.64. The molecule has 192 valence electrons. The molecule has 0 saturated heterocycles. The zero-order valence-corrected chi connectivity index (χ0v) is 21.5. The van der Waals surface area contributed by atoms with Crippen molar-refractivity contribution in [3.8, 4) is 0 Å². The molecule has 3 unspecified atom stereocenters. The Morgan fingerprint density at radius 3 is 2.58 bits per heavy atom. The summed E-state index contributed by atoms with van der Waals surface area (Å²) in [5, 5.41) is -0.643. The van der Waals surface area contributed by atoms with Crippen LogP contribution >= 0.6 is 0 Å². The summed E-state index contributed by atoms with van der Waals surface area (Å²) in [6.07, 6.45) is 3.85. The van der Waals surface area contributed by atoms with Crippen LogP contribution in [0.4, 0.5) is 5.82 Å². The first kappa shape index (κ1) is 24.7. The van der Waals surface area contributed by atoms with Crippen LogP contribution < -0.4 is 15.6 Å². The van der Waals surface area contributed by atoms with Gasteiger partial charge in [-0.2, -0.15) is 0 Å². The molecule has 0 bridgehead atoms. The fraction of sp³-hybridized carbons (Fsp3) is 0.435. The van der Waals surface area contributed by atoms with E-state index in [4.69, 9.17) is 0 Å². The Balaban J connectivity index is 1.35. The van der Waals surface area contributed by atoms with E-state index in [2.05, 4.69) is 30.5 Å². The number of sulfonamides is 1. The van der Waals surface area contributed by atoms with Crippen LogP contribution in [0.1, 0.15) is 38.2 Å². The van der Waals surface area contributed by atoms with E-state index in [1.165, 1.54) is 6.07 Å². The lowest BCUT2D eigenvalue weighted by Crippen LogP contribution is -2.38. The van der Waals surface area contributed by atoms with E-state index < -0.39 is 25.8 Å². The lowest BCUT2D eigenvalue weighted by Gasteiger charge is -2.17. The number of carbonyl (C=O) groups is 1. The number of nitrogens with zero attached hydrogens (tertiary/aromatic N) is 2. The van der Waals surface area contributed by atoms with Gasteiger partial charge in [-0.25, -0.2) is 31.5 Å². The van der Waals surface area contributed by atoms with Gasteiger partial charge >= 0.3 is 0 Å². The highest BCUT2D eigenvalue weighted by Gasteiger charge is 2.42. The minimum absolute atomic E-state index is 0.0623. The van der Waals surface area contributed by atoms with Crippen molar-refractivity contribution in [3.63, 3.8) is 0 Å². The lowest BCUT2D eigenvalue weighted by molar-refractivity contribution is -0.125. The standard InChI is InChI=1S/C23H28N6O5S2/c1-13-4-3-5-17(10-13)35(31,32)23-21(25-19-8-9-24-20(19)26-23)27-28-22(30)18-12-15(11-14(18)2)29-36(33,34)16-6-7-16/h3-5,8-10,14-16,18,29H,6-7,11-12H2,1-2H3,(H,24,26)(H,25,27)(H,28,30). The number of H-pyrrole nitrogens is 1. The number of aromatic amines is 1. The number of hydrogen-bond donors (Lipinski definition) is 4. The number of aryl methyl sites for hydroxylation is 1. The second kappa shape index (κ2) is 9.12. The highest BCUT2D eigenvalue weighted by Crippen LogP contribution is 2.35. The maximum Gasteiger partial charge on any atom is 0.241 e. The number of amides is 1. The summed E-state index contributed by atoms with van der Waals surface area (Å²) in [5.74, 6) is -0.989. The molecule has 3 atom stereocenters. The summed E-state index contributed by atoms with van der Waals surface area (Å²) < 4.78 is 54.2. The summed E-state index contributed by atoms with van der Waals surface area (Å²) >= 11 is 0. The van der Waals surface area contributed by atoms with Crippen LogP contribution in [0.15, 0.2) is 46.5 Å². The van der Waals surface area contributed by atoms with Gasteiger partial charge in [0.1, 0.15) is 5.52 Å². The van der Waals surface area contributed by atoms with Gasteiger partial charge < -0.3 is 4.98 Å². The Hall–Kier alpha value is -3.03. The summed E-state index contributed by atoms with van der Waals surface area (Å²) in [6, 6.07) is 7.80. The van der Waals surface area contributed by atoms with Gasteiger partial charge in [-0.3, -0.25) is 15.6 Å². The summed E-state index contributed by atoms with van der Waals surface area (Å²) in [7, 11) is -7.40. The predicted molar refractivity (Wildman–Crippen MR) is 133 cm³/mol. The molecule has 2 heterocycles. The molecule has 1 aromatic carbocycles. The minimum atomic E-state index is -4.05. The van der Waals surface area contributed by atoms with Crippen LogP contribution in [0.25, 0.3) is 11.2 Å². The van der Waals surface area contributed by atoms with E-state index in [1.54, 1.807) is 37.4 Å². The van der Waals surface area contributed by atoms with Crippen LogP contribution in [0.3, 0.4) is 0 Å². The molecular weight excluding hydrogens is 504 g/mol. The number of carbonyl (C=O) groups excluding carboxylic acids is 1. The Kier molecular flexibility index (Phi) is 6.25. The first-order valence-corrected chi connectivity index (χ1v) is 14.8. The number of rotatable bonds is 8. The molecule has 2 aromatic heterocycles. The topological polar surface area (TPSA) is 163 Å². The normalized spacial score (nSPS) is 22.6. The van der Waals surface area contributed by atoms with Gasteiger partial charge in [0.2, 0.25) is 30.8 Å². The molecule has 3 aromatic rings. The Labute approximate surface area is 209 Å². The fourth-order valence-electron chi connectivity index (χ4n) is 4.65. The van der Waals surface area contributed by atoms with Crippen LogP contribution in [0.2, 0.25) is 0 Å². The van der Waals surface area contributed by atoms with Gasteiger partial charge in [-0.1, -0.05) is 19.1 Å². The number of hydrazine groups is 1. The molecule has 0 spiro atoms. The van der Waals surface area contributed by atoms with Crippen molar-refractivity contribution >= 4 is 42.7 Å². The van der Waals surface area contributed by atoms with Crippen molar-refractivity contribution in [2.24, 2.45) is 11.8 Å². The summed E-state index contributed by atoms with van der Waals surface area (Å²) in [4.78, 5) is 24.6. The first-order valence-electron chi connectivity index (χ1n) is 11.8. The number of fused-ring (bicyclic) bond motifs is 1. The molecule has 0 aliphatic heterocycles. The molecule has 4 N–H and O–H groups in total. The van der Waals surface area contributed by atoms with E-state index in [1.807, 2.05) is 6.92 Å². The third-order valence-corrected chi connectivity index (χ3v) is 10.4. The van der Waals surface area contributed by atoms with E-state index in [-0.39, 0.29) is 38.9 Å². The van der Waals surface area contributed by atoms with Gasteiger partial charge in [0.25, 0.3) is 0 Å². The van der Waals surface area contributed by atoms with E-state index in [9.17, 15) is 21.6 Å². The predicted octanol–water partition coefficient (Wildman–Crippen LogP) is 2.04. The summed E-state index contributed by atoms with van der Waals surface area (Å²) in [5.41, 5.74) is 6.75. The SMILES string of the molecule is Cc1cccc(S(=O)(=O)c2nc3[nH]ccc3nc2NNC(=O)C2CC(NS(=O)(=O)C3CC3)CC2C)c1. The highest BCUT2D eigenvalue weighted by molar-refractivity contribution is 7.91. The zero-order chi connectivity index (χ0) is 25.7. The number of hydrogen-bond acceptors (Lipinski definition) is 8. The largest absolute Gasteiger partial charge is 0.345 e. The van der Waals surface area contributed by atoms with Crippen LogP contribution in [0.5, 0.6) is 0 Å². The highest BCUT2D eigenvalue weighted by atomic mass is 32.2. The van der Waals surface area contributed by atoms with Gasteiger partial charge in [-0.15, -0.1) is 0 Å². The lowest BCUT2D eigenvalue weighted by atomic mass is 9.98. The van der Waals surface area contributed by atoms with Crippen LogP contribution in [0, 0.1) is 18.8 Å². The number of sulfone groups is 1. The molecule has 1 amide bonds. The van der Waals surface area contributed by atoms with Gasteiger partial charge in [-0.05, 0) is 62.3 Å². The Bertz CT molecular complexity index is 1530. The average Bonchev–Trinajstić information content (AvgIpc) is 3.50. The molecule has 5 rings (SSSR count). The van der Waals surface area contributed by atoms with Gasteiger partial charge in [0.05, 0.1) is 10.1 Å². The quantitative estimate of drug-likeness (QED) is 0.320. The number of aromatic nitrogens is 3. The molecule has 2 saturated carbocycles. The third kappa shape index (κ3) is 4.82. The van der Waals surface area contributed by atoms with E-state index in [0.717, 1.165) is 5.56 Å². The molecule has 2 fully saturated rings. The second-order valence-corrected chi connectivity index (χ2v) is 13.5. The minimum Gasteiger partial charge on any atom is -0.345 e. The molecule has 0 radical (unpaired) electrons. The van der Waals surface area contributed by atoms with E-state index in [0.29, 0.717) is 36.8 Å².